The van der Waals surface area contributed by atoms with Crippen molar-refractivity contribution in [3.05, 3.63) is 0 Å². The van der Waals surface area contributed by atoms with Crippen LogP contribution in [0.15, 0.2) is 0 Å². The van der Waals surface area contributed by atoms with Gasteiger partial charge < -0.3 is 16.2 Å². The molecule has 1 aliphatic carbocycles. The molecule has 0 spiro atoms. The van der Waals surface area contributed by atoms with Crippen LogP contribution >= 0.6 is 0 Å². The van der Waals surface area contributed by atoms with Crippen molar-refractivity contribution in [2.75, 3.05) is 13.2 Å². The maximum atomic E-state index is 5.78. The highest BCUT2D eigenvalue weighted by molar-refractivity contribution is 4.74. The number of hydrogen-bond donors (Lipinski definition) is 2. The molecule has 3 heteroatoms. The molecule has 3 nitrogen and oxygen atoms in total. The standard InChI is InChI=1S/C9H20N2O/c10-6-1-7-12-9-4-2-8(11)3-5-9/h8-9H,1-7,10-11H2. The summed E-state index contributed by atoms with van der Waals surface area (Å²) in [6, 6.07) is 0.416. The summed E-state index contributed by atoms with van der Waals surface area (Å²) in [6.07, 6.45) is 5.93. The van der Waals surface area contributed by atoms with E-state index in [9.17, 15) is 0 Å². The summed E-state index contributed by atoms with van der Waals surface area (Å²) in [5.74, 6) is 0. The van der Waals surface area contributed by atoms with Gasteiger partial charge in [0.2, 0.25) is 0 Å². The normalized spacial score (nSPS) is 30.5. The van der Waals surface area contributed by atoms with Crippen molar-refractivity contribution < 1.29 is 4.74 Å². The fourth-order valence-electron chi connectivity index (χ4n) is 1.59. The third kappa shape index (κ3) is 3.52. The maximum absolute atomic E-state index is 5.78. The van der Waals surface area contributed by atoms with Crippen LogP contribution in [0.4, 0.5) is 0 Å². The fourth-order valence-corrected chi connectivity index (χ4v) is 1.59. The van der Waals surface area contributed by atoms with E-state index in [0.717, 1.165) is 45.3 Å². The average Bonchev–Trinajstić information content (AvgIpc) is 2.09. The minimum Gasteiger partial charge on any atom is -0.378 e. The molecule has 0 radical (unpaired) electrons. The lowest BCUT2D eigenvalue weighted by Crippen LogP contribution is -2.30. The van der Waals surface area contributed by atoms with Crippen molar-refractivity contribution in [2.45, 2.75) is 44.2 Å². The summed E-state index contributed by atoms with van der Waals surface area (Å²) in [6.45, 7) is 1.54. The minimum atomic E-state index is 0.416. The molecule has 0 saturated heterocycles. The zero-order valence-electron chi connectivity index (χ0n) is 7.67. The predicted molar refractivity (Wildman–Crippen MR) is 49.9 cm³/mol. The van der Waals surface area contributed by atoms with Gasteiger partial charge in [-0.2, -0.15) is 0 Å². The molecule has 0 atom stereocenters. The zero-order valence-corrected chi connectivity index (χ0v) is 7.67. The van der Waals surface area contributed by atoms with Crippen LogP contribution in [-0.2, 0) is 4.74 Å². The summed E-state index contributed by atoms with van der Waals surface area (Å²) in [4.78, 5) is 0. The van der Waals surface area contributed by atoms with E-state index in [0.29, 0.717) is 12.1 Å². The minimum absolute atomic E-state index is 0.416. The highest BCUT2D eigenvalue weighted by Gasteiger charge is 2.18. The Morgan fingerprint density at radius 2 is 1.83 bits per heavy atom. The van der Waals surface area contributed by atoms with Gasteiger partial charge >= 0.3 is 0 Å². The first-order chi connectivity index (χ1) is 5.83. The summed E-state index contributed by atoms with van der Waals surface area (Å²) in [7, 11) is 0. The lowest BCUT2D eigenvalue weighted by atomic mass is 9.94. The van der Waals surface area contributed by atoms with Gasteiger partial charge in [-0.25, -0.2) is 0 Å². The quantitative estimate of drug-likeness (QED) is 0.611. The van der Waals surface area contributed by atoms with E-state index in [2.05, 4.69) is 0 Å². The Hall–Kier alpha value is -0.120. The molecule has 0 bridgehead atoms. The van der Waals surface area contributed by atoms with Crippen LogP contribution < -0.4 is 11.5 Å². The van der Waals surface area contributed by atoms with E-state index >= 15 is 0 Å². The molecule has 0 amide bonds. The van der Waals surface area contributed by atoms with Crippen molar-refractivity contribution in [3.63, 3.8) is 0 Å². The molecule has 0 aromatic heterocycles. The highest BCUT2D eigenvalue weighted by Crippen LogP contribution is 2.19. The van der Waals surface area contributed by atoms with Crippen molar-refractivity contribution >= 4 is 0 Å². The van der Waals surface area contributed by atoms with E-state index in [4.69, 9.17) is 16.2 Å². The Morgan fingerprint density at radius 1 is 1.17 bits per heavy atom. The lowest BCUT2D eigenvalue weighted by molar-refractivity contribution is 0.0248. The van der Waals surface area contributed by atoms with Gasteiger partial charge in [0.15, 0.2) is 0 Å². The van der Waals surface area contributed by atoms with Crippen LogP contribution in [0.1, 0.15) is 32.1 Å². The van der Waals surface area contributed by atoms with Crippen LogP contribution in [0.5, 0.6) is 0 Å². The molecular weight excluding hydrogens is 152 g/mol. The third-order valence-corrected chi connectivity index (χ3v) is 2.42. The first kappa shape index (κ1) is 9.96. The molecule has 0 unspecified atom stereocenters. The Bertz CT molecular complexity index is 111. The Labute approximate surface area is 74.4 Å². The van der Waals surface area contributed by atoms with Crippen molar-refractivity contribution in [1.29, 1.82) is 0 Å². The average molecular weight is 172 g/mol. The third-order valence-electron chi connectivity index (χ3n) is 2.42. The summed E-state index contributed by atoms with van der Waals surface area (Å²) in [5.41, 5.74) is 11.1. The maximum Gasteiger partial charge on any atom is 0.0576 e. The number of nitrogens with two attached hydrogens (primary N) is 2. The van der Waals surface area contributed by atoms with Gasteiger partial charge in [-0.05, 0) is 38.6 Å². The van der Waals surface area contributed by atoms with Gasteiger partial charge in [0.05, 0.1) is 6.10 Å². The van der Waals surface area contributed by atoms with Crippen LogP contribution in [0.2, 0.25) is 0 Å². The van der Waals surface area contributed by atoms with Crippen molar-refractivity contribution in [1.82, 2.24) is 0 Å². The molecular formula is C9H20N2O. The Balaban J connectivity index is 2.01. The Kier molecular flexibility index (Phi) is 4.58. The number of ether oxygens (including phenoxy) is 1. The molecule has 72 valence electrons. The molecule has 1 fully saturated rings. The van der Waals surface area contributed by atoms with Gasteiger partial charge in [-0.15, -0.1) is 0 Å². The van der Waals surface area contributed by atoms with E-state index in [-0.39, 0.29) is 0 Å². The van der Waals surface area contributed by atoms with E-state index in [1.54, 1.807) is 0 Å². The molecule has 0 aliphatic heterocycles. The zero-order chi connectivity index (χ0) is 8.81. The van der Waals surface area contributed by atoms with Crippen LogP contribution in [-0.4, -0.2) is 25.3 Å². The molecule has 1 saturated carbocycles. The molecule has 1 aliphatic rings. The molecule has 0 heterocycles. The summed E-state index contributed by atoms with van der Waals surface area (Å²) >= 11 is 0. The molecule has 12 heavy (non-hydrogen) atoms. The van der Waals surface area contributed by atoms with Gasteiger partial charge in [-0.3, -0.25) is 0 Å². The Morgan fingerprint density at radius 3 is 2.42 bits per heavy atom. The predicted octanol–water partition coefficient (Wildman–Crippen LogP) is 0.622. The first-order valence-corrected chi connectivity index (χ1v) is 4.90. The van der Waals surface area contributed by atoms with E-state index < -0.39 is 0 Å². The second-order valence-electron chi connectivity index (χ2n) is 3.55. The largest absolute Gasteiger partial charge is 0.378 e. The SMILES string of the molecule is NCCCOC1CCC(N)CC1. The monoisotopic (exact) mass is 172 g/mol. The molecule has 0 aromatic rings. The molecule has 0 aromatic carbocycles. The topological polar surface area (TPSA) is 61.3 Å². The lowest BCUT2D eigenvalue weighted by Gasteiger charge is -2.26. The second kappa shape index (κ2) is 5.51. The highest BCUT2D eigenvalue weighted by atomic mass is 16.5. The summed E-state index contributed by atoms with van der Waals surface area (Å²) < 4.78 is 5.64. The molecule has 1 rings (SSSR count). The van der Waals surface area contributed by atoms with Gasteiger partial charge in [0, 0.05) is 12.6 Å². The van der Waals surface area contributed by atoms with Crippen molar-refractivity contribution in [3.8, 4) is 0 Å². The summed E-state index contributed by atoms with van der Waals surface area (Å²) in [5, 5.41) is 0. The van der Waals surface area contributed by atoms with Gasteiger partial charge in [0.1, 0.15) is 0 Å². The van der Waals surface area contributed by atoms with Gasteiger partial charge in [0.25, 0.3) is 0 Å². The second-order valence-corrected chi connectivity index (χ2v) is 3.55. The number of rotatable bonds is 4. The smallest absolute Gasteiger partial charge is 0.0576 e. The number of hydrogen-bond acceptors (Lipinski definition) is 3. The molecule has 4 N–H and O–H groups in total. The first-order valence-electron chi connectivity index (χ1n) is 4.90. The van der Waals surface area contributed by atoms with E-state index in [1.165, 1.54) is 0 Å². The van der Waals surface area contributed by atoms with Crippen LogP contribution in [0.3, 0.4) is 0 Å². The van der Waals surface area contributed by atoms with Gasteiger partial charge in [-0.1, -0.05) is 0 Å². The van der Waals surface area contributed by atoms with E-state index in [1.807, 2.05) is 0 Å². The van der Waals surface area contributed by atoms with Crippen molar-refractivity contribution in [2.24, 2.45) is 11.5 Å². The van der Waals surface area contributed by atoms with Crippen LogP contribution in [0, 0.1) is 0 Å². The van der Waals surface area contributed by atoms with Crippen LogP contribution in [0.25, 0.3) is 0 Å². The fraction of sp³-hybridized carbons (Fsp3) is 1.00.